The summed E-state index contributed by atoms with van der Waals surface area (Å²) in [5.74, 6) is 0.783. The van der Waals surface area contributed by atoms with Gasteiger partial charge in [0.25, 0.3) is 0 Å². The van der Waals surface area contributed by atoms with Gasteiger partial charge < -0.3 is 5.11 Å². The van der Waals surface area contributed by atoms with Crippen molar-refractivity contribution in [1.29, 1.82) is 0 Å². The zero-order valence-electron chi connectivity index (χ0n) is 12.4. The summed E-state index contributed by atoms with van der Waals surface area (Å²) in [6, 6.07) is 1.77. The molecule has 1 N–H and O–H groups in total. The Morgan fingerprint density at radius 1 is 1.20 bits per heavy atom. The molecule has 1 aromatic heterocycles. The fourth-order valence-electron chi connectivity index (χ4n) is 2.51. The molecular weight excluding hydrogens is 276 g/mol. The molecular formula is C14H23ClN4O. The molecule has 1 aliphatic heterocycles. The lowest BCUT2D eigenvalue weighted by atomic mass is 10.1. The van der Waals surface area contributed by atoms with Crippen LogP contribution in [0.25, 0.3) is 0 Å². The van der Waals surface area contributed by atoms with Crippen LogP contribution in [0, 0.1) is 6.92 Å². The molecule has 6 heteroatoms. The third-order valence-corrected chi connectivity index (χ3v) is 3.50. The molecule has 0 amide bonds. The number of aliphatic hydroxyl groups is 1. The third-order valence-electron chi connectivity index (χ3n) is 3.31. The van der Waals surface area contributed by atoms with Crippen molar-refractivity contribution >= 4 is 11.6 Å². The van der Waals surface area contributed by atoms with E-state index in [0.717, 1.165) is 44.2 Å². The van der Waals surface area contributed by atoms with Crippen LogP contribution in [0.15, 0.2) is 6.07 Å². The Kier molecular flexibility index (Phi) is 4.96. The minimum absolute atomic E-state index is 0.508. The Labute approximate surface area is 125 Å². The fraction of sp³-hybridized carbons (Fsp3) is 0.714. The van der Waals surface area contributed by atoms with E-state index in [9.17, 15) is 5.11 Å². The van der Waals surface area contributed by atoms with Crippen molar-refractivity contribution in [3.8, 4) is 0 Å². The maximum Gasteiger partial charge on any atom is 0.144 e. The van der Waals surface area contributed by atoms with Gasteiger partial charge in [0.1, 0.15) is 11.0 Å². The molecule has 1 fully saturated rings. The molecule has 1 aliphatic rings. The zero-order valence-corrected chi connectivity index (χ0v) is 13.2. The van der Waals surface area contributed by atoms with Gasteiger partial charge in [-0.25, -0.2) is 9.97 Å². The third kappa shape index (κ3) is 4.98. The van der Waals surface area contributed by atoms with Gasteiger partial charge in [0.2, 0.25) is 0 Å². The predicted molar refractivity (Wildman–Crippen MR) is 79.8 cm³/mol. The first-order valence-electron chi connectivity index (χ1n) is 6.99. The summed E-state index contributed by atoms with van der Waals surface area (Å²) in [6.07, 6.45) is 0. The van der Waals surface area contributed by atoms with Gasteiger partial charge in [-0.15, -0.1) is 0 Å². The lowest BCUT2D eigenvalue weighted by Crippen LogP contribution is -2.50. The van der Waals surface area contributed by atoms with Crippen LogP contribution in [0.5, 0.6) is 0 Å². The van der Waals surface area contributed by atoms with Crippen molar-refractivity contribution < 1.29 is 5.11 Å². The van der Waals surface area contributed by atoms with Crippen molar-refractivity contribution in [3.63, 3.8) is 0 Å². The van der Waals surface area contributed by atoms with E-state index in [4.69, 9.17) is 11.6 Å². The first-order chi connectivity index (χ1) is 9.32. The van der Waals surface area contributed by atoms with Crippen LogP contribution < -0.4 is 0 Å². The van der Waals surface area contributed by atoms with Gasteiger partial charge >= 0.3 is 0 Å². The molecule has 0 unspecified atom stereocenters. The molecule has 0 aliphatic carbocycles. The molecule has 0 radical (unpaired) electrons. The highest BCUT2D eigenvalue weighted by atomic mass is 35.5. The summed E-state index contributed by atoms with van der Waals surface area (Å²) in [6.45, 7) is 10.9. The summed E-state index contributed by atoms with van der Waals surface area (Å²) >= 11 is 5.96. The summed E-state index contributed by atoms with van der Waals surface area (Å²) in [5.41, 5.74) is 0.274. The van der Waals surface area contributed by atoms with Gasteiger partial charge in [-0.05, 0) is 26.8 Å². The molecule has 0 saturated carbocycles. The van der Waals surface area contributed by atoms with Crippen molar-refractivity contribution in [2.24, 2.45) is 0 Å². The van der Waals surface area contributed by atoms with E-state index in [0.29, 0.717) is 11.7 Å². The largest absolute Gasteiger partial charge is 0.389 e. The molecule has 2 heterocycles. The van der Waals surface area contributed by atoms with E-state index < -0.39 is 5.60 Å². The Hall–Kier alpha value is -0.750. The molecule has 0 spiro atoms. The first-order valence-corrected chi connectivity index (χ1v) is 7.37. The molecule has 0 aromatic carbocycles. The van der Waals surface area contributed by atoms with E-state index >= 15 is 0 Å². The van der Waals surface area contributed by atoms with Gasteiger partial charge in [-0.1, -0.05) is 11.6 Å². The smallest absolute Gasteiger partial charge is 0.144 e. The first kappa shape index (κ1) is 15.6. The van der Waals surface area contributed by atoms with Crippen molar-refractivity contribution in [2.75, 3.05) is 32.7 Å². The van der Waals surface area contributed by atoms with Crippen LogP contribution in [0.1, 0.15) is 25.4 Å². The van der Waals surface area contributed by atoms with Gasteiger partial charge in [0.15, 0.2) is 0 Å². The fourth-order valence-corrected chi connectivity index (χ4v) is 2.77. The van der Waals surface area contributed by atoms with Crippen LogP contribution in [-0.2, 0) is 6.54 Å². The van der Waals surface area contributed by atoms with Gasteiger partial charge in [0, 0.05) is 38.4 Å². The molecule has 1 saturated heterocycles. The Balaban J connectivity index is 1.85. The van der Waals surface area contributed by atoms with Crippen molar-refractivity contribution in [1.82, 2.24) is 19.8 Å². The Bertz CT molecular complexity index is 433. The van der Waals surface area contributed by atoms with Gasteiger partial charge in [-0.3, -0.25) is 9.80 Å². The molecule has 5 nitrogen and oxygen atoms in total. The van der Waals surface area contributed by atoms with Gasteiger partial charge in [-0.2, -0.15) is 0 Å². The summed E-state index contributed by atoms with van der Waals surface area (Å²) in [5, 5.41) is 10.3. The van der Waals surface area contributed by atoms with Crippen LogP contribution in [0.4, 0.5) is 0 Å². The minimum atomic E-state index is -0.630. The topological polar surface area (TPSA) is 52.5 Å². The summed E-state index contributed by atoms with van der Waals surface area (Å²) < 4.78 is 0. The summed E-state index contributed by atoms with van der Waals surface area (Å²) in [7, 11) is 0. The Morgan fingerprint density at radius 3 is 2.35 bits per heavy atom. The second kappa shape index (κ2) is 6.35. The quantitative estimate of drug-likeness (QED) is 0.850. The summed E-state index contributed by atoms with van der Waals surface area (Å²) in [4.78, 5) is 13.3. The molecule has 0 atom stereocenters. The van der Waals surface area contributed by atoms with E-state index in [-0.39, 0.29) is 0 Å². The van der Waals surface area contributed by atoms with E-state index in [1.165, 1.54) is 0 Å². The van der Waals surface area contributed by atoms with Crippen LogP contribution in [0.2, 0.25) is 5.15 Å². The lowest BCUT2D eigenvalue weighted by molar-refractivity contribution is 0.0163. The molecule has 2 rings (SSSR count). The number of nitrogens with zero attached hydrogens (tertiary/aromatic N) is 4. The highest BCUT2D eigenvalue weighted by Gasteiger charge is 2.23. The molecule has 0 bridgehead atoms. The highest BCUT2D eigenvalue weighted by molar-refractivity contribution is 6.29. The lowest BCUT2D eigenvalue weighted by Gasteiger charge is -2.37. The number of hydrogen-bond donors (Lipinski definition) is 1. The normalized spacial score (nSPS) is 18.4. The number of rotatable bonds is 4. The molecule has 20 heavy (non-hydrogen) atoms. The molecule has 112 valence electrons. The van der Waals surface area contributed by atoms with Crippen molar-refractivity contribution in [2.45, 2.75) is 32.9 Å². The Morgan fingerprint density at radius 2 is 1.80 bits per heavy atom. The zero-order chi connectivity index (χ0) is 14.8. The number of halogens is 1. The maximum absolute atomic E-state index is 9.84. The van der Waals surface area contributed by atoms with Crippen LogP contribution in [-0.4, -0.2) is 63.2 Å². The number of hydrogen-bond acceptors (Lipinski definition) is 5. The number of β-amino-alcohol motifs (C(OH)–C–C–N with tert-alkyl or cyclic N) is 1. The minimum Gasteiger partial charge on any atom is -0.389 e. The van der Waals surface area contributed by atoms with E-state index in [1.54, 1.807) is 6.07 Å². The highest BCUT2D eigenvalue weighted by Crippen LogP contribution is 2.12. The van der Waals surface area contributed by atoms with E-state index in [1.807, 2.05) is 20.8 Å². The SMILES string of the molecule is Cc1cc(Cl)nc(CN2CCN(CC(C)(C)O)CC2)n1. The maximum atomic E-state index is 9.84. The van der Waals surface area contributed by atoms with Crippen LogP contribution >= 0.6 is 11.6 Å². The number of piperazine rings is 1. The second-order valence-corrected chi connectivity index (χ2v) is 6.50. The van der Waals surface area contributed by atoms with Crippen molar-refractivity contribution in [3.05, 3.63) is 22.7 Å². The van der Waals surface area contributed by atoms with Gasteiger partial charge in [0.05, 0.1) is 12.1 Å². The van der Waals surface area contributed by atoms with Crippen LogP contribution in [0.3, 0.4) is 0 Å². The monoisotopic (exact) mass is 298 g/mol. The van der Waals surface area contributed by atoms with E-state index in [2.05, 4.69) is 19.8 Å². The molecule has 1 aromatic rings. The average Bonchev–Trinajstić information content (AvgIpc) is 2.28. The number of aryl methyl sites for hydroxylation is 1. The standard InChI is InChI=1S/C14H23ClN4O/c1-11-8-12(15)17-13(16-11)9-18-4-6-19(7-5-18)10-14(2,3)20/h8,20H,4-7,9-10H2,1-3H3. The second-order valence-electron chi connectivity index (χ2n) is 6.11. The predicted octanol–water partition coefficient (Wildman–Crippen LogP) is 1.33. The number of aromatic nitrogens is 2. The average molecular weight is 299 g/mol.